The summed E-state index contributed by atoms with van der Waals surface area (Å²) in [5.74, 6) is -0.420. The molecule has 9 heteroatoms. The van der Waals surface area contributed by atoms with Crippen molar-refractivity contribution in [2.24, 2.45) is 0 Å². The van der Waals surface area contributed by atoms with Gasteiger partial charge in [-0.1, -0.05) is 6.92 Å². The van der Waals surface area contributed by atoms with Crippen molar-refractivity contribution in [3.8, 4) is 0 Å². The number of anilines is 1. The van der Waals surface area contributed by atoms with E-state index in [1.807, 2.05) is 54.7 Å². The van der Waals surface area contributed by atoms with Crippen LogP contribution < -0.4 is 5.73 Å². The summed E-state index contributed by atoms with van der Waals surface area (Å²) in [4.78, 5) is 26.8. The van der Waals surface area contributed by atoms with Gasteiger partial charge in [-0.25, -0.2) is 14.8 Å². The highest BCUT2D eigenvalue weighted by Crippen LogP contribution is 2.56. The fourth-order valence-corrected chi connectivity index (χ4v) is 4.93. The van der Waals surface area contributed by atoms with E-state index >= 15 is 0 Å². The molecule has 2 aliphatic rings. The number of hydrogen-bond acceptors (Lipinski definition) is 7. The van der Waals surface area contributed by atoms with Gasteiger partial charge in [0.1, 0.15) is 29.2 Å². The van der Waals surface area contributed by atoms with Crippen LogP contribution in [0, 0.1) is 0 Å². The average Bonchev–Trinajstić information content (AvgIpc) is 3.19. The van der Waals surface area contributed by atoms with Gasteiger partial charge in [-0.15, -0.1) is 0 Å². The van der Waals surface area contributed by atoms with E-state index in [1.165, 1.54) is 6.33 Å². The summed E-state index contributed by atoms with van der Waals surface area (Å²) in [7, 11) is 0. The van der Waals surface area contributed by atoms with Gasteiger partial charge in [-0.3, -0.25) is 4.90 Å². The number of likely N-dealkylation sites (tertiary alicyclic amines) is 1. The van der Waals surface area contributed by atoms with E-state index in [2.05, 4.69) is 15.0 Å². The summed E-state index contributed by atoms with van der Waals surface area (Å²) >= 11 is 0. The molecule has 0 unspecified atom stereocenters. The minimum absolute atomic E-state index is 0.222. The molecule has 0 radical (unpaired) electrons. The minimum atomic E-state index is -0.796. The van der Waals surface area contributed by atoms with Gasteiger partial charge in [0.2, 0.25) is 0 Å². The van der Waals surface area contributed by atoms with E-state index in [0.29, 0.717) is 23.3 Å². The molecule has 2 aromatic heterocycles. The van der Waals surface area contributed by atoms with E-state index in [9.17, 15) is 4.79 Å². The van der Waals surface area contributed by atoms with E-state index < -0.39 is 29.1 Å². The molecule has 9 nitrogen and oxygen atoms in total. The van der Waals surface area contributed by atoms with Crippen LogP contribution in [-0.2, 0) is 14.2 Å². The van der Waals surface area contributed by atoms with Crippen LogP contribution in [0.15, 0.2) is 12.5 Å². The van der Waals surface area contributed by atoms with Gasteiger partial charge in [0.15, 0.2) is 11.6 Å². The number of hydrogen-bond donors (Lipinski definition) is 2. The van der Waals surface area contributed by atoms with Gasteiger partial charge in [0, 0.05) is 11.8 Å². The Kier molecular flexibility index (Phi) is 4.56. The molecule has 0 spiro atoms. The van der Waals surface area contributed by atoms with Crippen molar-refractivity contribution in [1.29, 1.82) is 0 Å². The molecule has 4 rings (SSSR count). The summed E-state index contributed by atoms with van der Waals surface area (Å²) in [6, 6.07) is -0.701. The van der Waals surface area contributed by atoms with Crippen molar-refractivity contribution < 1.29 is 19.0 Å². The molecule has 30 heavy (non-hydrogen) atoms. The Morgan fingerprint density at radius 1 is 1.33 bits per heavy atom. The first kappa shape index (κ1) is 20.9. The Morgan fingerprint density at radius 3 is 2.67 bits per heavy atom. The standard InChI is InChI=1S/C21H31N5O4/c1-8-12-16-21(7,30-20(5,6)28-16)15(26(12)18(27)29-19(2,3)4)11-9-23-14-13(11)24-10-25-17(14)22/h9-10,12,15-16,23H,8H2,1-7H3,(H2,22,24,25)/t12-,15+,16-,21+/m1/s1. The number of amides is 1. The Labute approximate surface area is 176 Å². The SMILES string of the molecule is CC[C@@H]1[C@H]2OC(C)(C)O[C@@]2(C)[C@H](c2c[nH]c3c(N)ncnc23)N1C(=O)OC(C)(C)C. The molecule has 4 heterocycles. The van der Waals surface area contributed by atoms with Gasteiger partial charge in [0.25, 0.3) is 0 Å². The molecule has 2 fully saturated rings. The summed E-state index contributed by atoms with van der Waals surface area (Å²) in [6.07, 6.45) is 3.21. The topological polar surface area (TPSA) is 116 Å². The second kappa shape index (κ2) is 6.55. The molecule has 4 atom stereocenters. The van der Waals surface area contributed by atoms with Crippen LogP contribution in [0.25, 0.3) is 11.0 Å². The first-order valence-corrected chi connectivity index (χ1v) is 10.3. The van der Waals surface area contributed by atoms with Crippen LogP contribution in [0.2, 0.25) is 0 Å². The third kappa shape index (κ3) is 3.11. The molecule has 2 aromatic rings. The summed E-state index contributed by atoms with van der Waals surface area (Å²) < 4.78 is 18.6. The maximum Gasteiger partial charge on any atom is 0.411 e. The zero-order chi connectivity index (χ0) is 22.1. The number of carbonyl (C=O) groups excluding carboxylic acids is 1. The lowest BCUT2D eigenvalue weighted by Gasteiger charge is -2.37. The Hall–Kier alpha value is -2.39. The summed E-state index contributed by atoms with van der Waals surface area (Å²) in [5, 5.41) is 0. The van der Waals surface area contributed by atoms with Crippen LogP contribution in [0.3, 0.4) is 0 Å². The van der Waals surface area contributed by atoms with Gasteiger partial charge in [-0.2, -0.15) is 0 Å². The van der Waals surface area contributed by atoms with Gasteiger partial charge < -0.3 is 24.9 Å². The quantitative estimate of drug-likeness (QED) is 0.768. The predicted molar refractivity (Wildman–Crippen MR) is 112 cm³/mol. The zero-order valence-electron chi connectivity index (χ0n) is 18.6. The third-order valence-corrected chi connectivity index (χ3v) is 5.81. The van der Waals surface area contributed by atoms with Gasteiger partial charge >= 0.3 is 6.09 Å². The largest absolute Gasteiger partial charge is 0.444 e. The molecule has 2 saturated heterocycles. The van der Waals surface area contributed by atoms with Crippen molar-refractivity contribution >= 4 is 22.9 Å². The second-order valence-corrected chi connectivity index (χ2v) is 9.72. The van der Waals surface area contributed by atoms with Crippen LogP contribution in [-0.4, -0.2) is 55.1 Å². The molecule has 164 valence electrons. The van der Waals surface area contributed by atoms with E-state index in [-0.39, 0.29) is 12.1 Å². The Balaban J connectivity index is 1.89. The molecule has 1 amide bonds. The van der Waals surface area contributed by atoms with Crippen molar-refractivity contribution in [3.05, 3.63) is 18.1 Å². The number of nitrogens with zero attached hydrogens (tertiary/aromatic N) is 3. The summed E-state index contributed by atoms with van der Waals surface area (Å²) in [6.45, 7) is 13.4. The lowest BCUT2D eigenvalue weighted by molar-refractivity contribution is -0.182. The number of nitrogens with two attached hydrogens (primary N) is 1. The first-order chi connectivity index (χ1) is 13.9. The van der Waals surface area contributed by atoms with Crippen molar-refractivity contribution in [2.75, 3.05) is 5.73 Å². The normalized spacial score (nSPS) is 30.6. The van der Waals surface area contributed by atoms with Crippen molar-refractivity contribution in [3.63, 3.8) is 0 Å². The lowest BCUT2D eigenvalue weighted by Crippen LogP contribution is -2.45. The minimum Gasteiger partial charge on any atom is -0.444 e. The monoisotopic (exact) mass is 417 g/mol. The highest BCUT2D eigenvalue weighted by atomic mass is 16.8. The Bertz CT molecular complexity index is 981. The molecule has 3 N–H and O–H groups in total. The highest BCUT2D eigenvalue weighted by molar-refractivity contribution is 5.88. The fourth-order valence-electron chi connectivity index (χ4n) is 4.93. The number of nitrogens with one attached hydrogen (secondary N) is 1. The summed E-state index contributed by atoms with van der Waals surface area (Å²) in [5.41, 5.74) is 6.70. The van der Waals surface area contributed by atoms with Crippen LogP contribution >= 0.6 is 0 Å². The Morgan fingerprint density at radius 2 is 2.03 bits per heavy atom. The molecule has 0 saturated carbocycles. The second-order valence-electron chi connectivity index (χ2n) is 9.72. The van der Waals surface area contributed by atoms with E-state index in [0.717, 1.165) is 5.56 Å². The number of H-pyrrole nitrogens is 1. The number of fused-ring (bicyclic) bond motifs is 2. The number of aromatic nitrogens is 3. The molecule has 2 aliphatic heterocycles. The average molecular weight is 418 g/mol. The van der Waals surface area contributed by atoms with Crippen molar-refractivity contribution in [1.82, 2.24) is 19.9 Å². The molecular weight excluding hydrogens is 386 g/mol. The molecule has 0 aromatic carbocycles. The number of carbonyl (C=O) groups is 1. The van der Waals surface area contributed by atoms with Crippen molar-refractivity contribution in [2.45, 2.75) is 90.1 Å². The maximum absolute atomic E-state index is 13.4. The van der Waals surface area contributed by atoms with E-state index in [4.69, 9.17) is 19.9 Å². The molecular formula is C21H31N5O4. The highest BCUT2D eigenvalue weighted by Gasteiger charge is 2.67. The van der Waals surface area contributed by atoms with Gasteiger partial charge in [0.05, 0.1) is 17.6 Å². The number of rotatable bonds is 2. The molecule has 0 aliphatic carbocycles. The number of ether oxygens (including phenoxy) is 3. The predicted octanol–water partition coefficient (Wildman–Crippen LogP) is 3.52. The molecule has 0 bridgehead atoms. The fraction of sp³-hybridized carbons (Fsp3) is 0.667. The smallest absolute Gasteiger partial charge is 0.411 e. The maximum atomic E-state index is 13.4. The van der Waals surface area contributed by atoms with Crippen LogP contribution in [0.1, 0.15) is 66.5 Å². The number of nitrogen functional groups attached to an aromatic ring is 1. The van der Waals surface area contributed by atoms with Gasteiger partial charge in [-0.05, 0) is 48.0 Å². The third-order valence-electron chi connectivity index (χ3n) is 5.81. The first-order valence-electron chi connectivity index (χ1n) is 10.3. The van der Waals surface area contributed by atoms with E-state index in [1.54, 1.807) is 4.90 Å². The zero-order valence-corrected chi connectivity index (χ0v) is 18.6. The van der Waals surface area contributed by atoms with Crippen LogP contribution in [0.4, 0.5) is 10.6 Å². The van der Waals surface area contributed by atoms with Crippen LogP contribution in [0.5, 0.6) is 0 Å². The number of aromatic amines is 1. The lowest BCUT2D eigenvalue weighted by atomic mass is 9.88.